The minimum Gasteiger partial charge on any atom is -0.308 e. The minimum atomic E-state index is -0.374. The Morgan fingerprint density at radius 2 is 2.18 bits per heavy atom. The zero-order chi connectivity index (χ0) is 15.8. The van der Waals surface area contributed by atoms with E-state index < -0.39 is 0 Å². The van der Waals surface area contributed by atoms with Crippen LogP contribution in [0.1, 0.15) is 39.9 Å². The molecule has 1 fully saturated rings. The van der Waals surface area contributed by atoms with E-state index in [1.807, 2.05) is 5.32 Å². The first-order valence-electron chi connectivity index (χ1n) is 7.15. The first-order valence-corrected chi connectivity index (χ1v) is 8.03. The Labute approximate surface area is 133 Å². The number of hydrogen-bond donors (Lipinski definition) is 2. The van der Waals surface area contributed by atoms with Crippen molar-refractivity contribution in [2.45, 2.75) is 25.8 Å². The van der Waals surface area contributed by atoms with Gasteiger partial charge in [0.1, 0.15) is 5.01 Å². The summed E-state index contributed by atoms with van der Waals surface area (Å²) < 4.78 is 0. The Bertz CT molecular complexity index is 607. The maximum absolute atomic E-state index is 10.9. The number of carbonyl (C=O) groups excluding carboxylic acids is 2. The molecule has 6 heteroatoms. The van der Waals surface area contributed by atoms with Crippen molar-refractivity contribution < 1.29 is 9.59 Å². The molecule has 116 valence electrons. The molecule has 1 aliphatic rings. The van der Waals surface area contributed by atoms with Crippen molar-refractivity contribution in [3.05, 3.63) is 52.0 Å². The van der Waals surface area contributed by atoms with Gasteiger partial charge in [-0.3, -0.25) is 14.9 Å². The predicted molar refractivity (Wildman–Crippen MR) is 86.8 cm³/mol. The topological polar surface area (TPSA) is 71.1 Å². The molecule has 2 amide bonds. The second-order valence-corrected chi connectivity index (χ2v) is 5.82. The first kappa shape index (κ1) is 16.3. The van der Waals surface area contributed by atoms with Gasteiger partial charge in [0, 0.05) is 16.6 Å². The Balaban J connectivity index is 0.000000160. The van der Waals surface area contributed by atoms with Crippen molar-refractivity contribution >= 4 is 23.7 Å². The number of carbonyl (C=O) groups is 2. The third-order valence-corrected chi connectivity index (χ3v) is 4.30. The Hall–Kier alpha value is -2.05. The van der Waals surface area contributed by atoms with E-state index in [-0.39, 0.29) is 5.91 Å². The van der Waals surface area contributed by atoms with Crippen LogP contribution in [0.4, 0.5) is 0 Å². The highest BCUT2D eigenvalue weighted by Gasteiger charge is 2.18. The predicted octanol–water partition coefficient (Wildman–Crippen LogP) is 2.45. The van der Waals surface area contributed by atoms with Crippen molar-refractivity contribution in [2.24, 2.45) is 0 Å². The summed E-state index contributed by atoms with van der Waals surface area (Å²) in [6, 6.07) is 9.10. The van der Waals surface area contributed by atoms with E-state index >= 15 is 0 Å². The molecule has 22 heavy (non-hydrogen) atoms. The normalized spacial score (nSPS) is 16.5. The number of aryl methyl sites for hydroxylation is 1. The molecule has 3 rings (SSSR count). The fraction of sp³-hybridized carbons (Fsp3) is 0.312. The second kappa shape index (κ2) is 8.41. The summed E-state index contributed by atoms with van der Waals surface area (Å²) in [5, 5.41) is 8.86. The summed E-state index contributed by atoms with van der Waals surface area (Å²) in [7, 11) is 0. The van der Waals surface area contributed by atoms with E-state index in [4.69, 9.17) is 0 Å². The molecule has 0 unspecified atom stereocenters. The second-order valence-electron chi connectivity index (χ2n) is 4.93. The molecule has 2 aromatic rings. The molecular formula is C16H19N3O2S. The third kappa shape index (κ3) is 4.75. The van der Waals surface area contributed by atoms with Gasteiger partial charge in [-0.2, -0.15) is 0 Å². The molecular weight excluding hydrogens is 298 g/mol. The third-order valence-electron chi connectivity index (χ3n) is 3.22. The average molecular weight is 317 g/mol. The monoisotopic (exact) mass is 317 g/mol. The van der Waals surface area contributed by atoms with Crippen molar-refractivity contribution in [2.75, 3.05) is 6.54 Å². The number of nitrogens with one attached hydrogen (secondary N) is 2. The molecule has 5 nitrogen and oxygen atoms in total. The lowest BCUT2D eigenvalue weighted by atomic mass is 10.2. The van der Waals surface area contributed by atoms with Crippen LogP contribution in [-0.2, 0) is 4.79 Å². The zero-order valence-corrected chi connectivity index (χ0v) is 13.2. The first-order chi connectivity index (χ1) is 10.7. The summed E-state index contributed by atoms with van der Waals surface area (Å²) >= 11 is 1.77. The van der Waals surface area contributed by atoms with Crippen LogP contribution in [0.2, 0.25) is 0 Å². The van der Waals surface area contributed by atoms with Crippen LogP contribution < -0.4 is 10.6 Å². The number of thiazole rings is 1. The van der Waals surface area contributed by atoms with Crippen LogP contribution >= 0.6 is 11.3 Å². The molecule has 2 N–H and O–H groups in total. The molecule has 1 aromatic heterocycles. The highest BCUT2D eigenvalue weighted by atomic mass is 32.1. The number of amides is 2. The van der Waals surface area contributed by atoms with E-state index in [1.54, 1.807) is 41.7 Å². The lowest BCUT2D eigenvalue weighted by Crippen LogP contribution is -2.20. The molecule has 1 aromatic carbocycles. The summed E-state index contributed by atoms with van der Waals surface area (Å²) in [5.41, 5.74) is 1.64. The van der Waals surface area contributed by atoms with Crippen molar-refractivity contribution in [3.8, 4) is 0 Å². The number of benzene rings is 1. The maximum Gasteiger partial charge on any atom is 0.257 e. The molecule has 1 saturated heterocycles. The van der Waals surface area contributed by atoms with E-state index in [9.17, 15) is 9.59 Å². The van der Waals surface area contributed by atoms with Gasteiger partial charge in [-0.05, 0) is 38.4 Å². The van der Waals surface area contributed by atoms with E-state index in [0.717, 1.165) is 12.2 Å². The fourth-order valence-corrected chi connectivity index (χ4v) is 3.06. The van der Waals surface area contributed by atoms with Crippen LogP contribution in [0.5, 0.6) is 0 Å². The summed E-state index contributed by atoms with van der Waals surface area (Å²) in [5.74, 6) is -0.374. The highest BCUT2D eigenvalue weighted by molar-refractivity contribution is 7.09. The number of imide groups is 1. The van der Waals surface area contributed by atoms with Gasteiger partial charge in [0.2, 0.25) is 6.41 Å². The van der Waals surface area contributed by atoms with Crippen LogP contribution in [0.3, 0.4) is 0 Å². The summed E-state index contributed by atoms with van der Waals surface area (Å²) in [6.07, 6.45) is 2.92. The van der Waals surface area contributed by atoms with Crippen molar-refractivity contribution in [1.29, 1.82) is 0 Å². The van der Waals surface area contributed by atoms with Gasteiger partial charge in [0.15, 0.2) is 0 Å². The number of aromatic nitrogens is 1. The Morgan fingerprint density at radius 1 is 1.41 bits per heavy atom. The largest absolute Gasteiger partial charge is 0.308 e. The summed E-state index contributed by atoms with van der Waals surface area (Å²) in [6.45, 7) is 3.21. The van der Waals surface area contributed by atoms with Gasteiger partial charge in [-0.1, -0.05) is 18.2 Å². The standard InChI is InChI=1S/C8H12N2S.C8H7NO2/c1-6-5-11-8(10-6)7-3-2-4-9-7;10-6-9-8(11)7-4-2-1-3-5-7/h5,7,9H,2-4H2,1H3;1-6H,(H,9,10,11)/t7-;/m1./s1. The van der Waals surface area contributed by atoms with Crippen molar-refractivity contribution in [3.63, 3.8) is 0 Å². The molecule has 0 bridgehead atoms. The van der Waals surface area contributed by atoms with Gasteiger partial charge >= 0.3 is 0 Å². The van der Waals surface area contributed by atoms with Gasteiger partial charge in [0.05, 0.1) is 6.04 Å². The molecule has 0 radical (unpaired) electrons. The zero-order valence-electron chi connectivity index (χ0n) is 12.4. The SMILES string of the molecule is Cc1csc([C@H]2CCCN2)n1.O=CNC(=O)c1ccccc1. The van der Waals surface area contributed by atoms with Crippen LogP contribution in [0.15, 0.2) is 35.7 Å². The molecule has 1 atom stereocenters. The molecule has 0 saturated carbocycles. The van der Waals surface area contributed by atoms with Crippen LogP contribution in [-0.4, -0.2) is 23.8 Å². The van der Waals surface area contributed by atoms with Gasteiger partial charge < -0.3 is 5.32 Å². The van der Waals surface area contributed by atoms with E-state index in [0.29, 0.717) is 18.0 Å². The molecule has 0 spiro atoms. The highest BCUT2D eigenvalue weighted by Crippen LogP contribution is 2.25. The van der Waals surface area contributed by atoms with Crippen LogP contribution in [0, 0.1) is 6.92 Å². The fourth-order valence-electron chi connectivity index (χ4n) is 2.15. The smallest absolute Gasteiger partial charge is 0.257 e. The lowest BCUT2D eigenvalue weighted by Gasteiger charge is -2.03. The Kier molecular flexibility index (Phi) is 6.24. The molecule has 1 aliphatic heterocycles. The molecule has 2 heterocycles. The average Bonchev–Trinajstić information content (AvgIpc) is 3.20. The molecule has 0 aliphatic carbocycles. The van der Waals surface area contributed by atoms with Crippen molar-refractivity contribution in [1.82, 2.24) is 15.6 Å². The van der Waals surface area contributed by atoms with Gasteiger partial charge in [-0.25, -0.2) is 4.98 Å². The van der Waals surface area contributed by atoms with E-state index in [2.05, 4.69) is 22.6 Å². The number of nitrogens with zero attached hydrogens (tertiary/aromatic N) is 1. The quantitative estimate of drug-likeness (QED) is 0.853. The van der Waals surface area contributed by atoms with Gasteiger partial charge in [0.25, 0.3) is 5.91 Å². The minimum absolute atomic E-state index is 0.370. The summed E-state index contributed by atoms with van der Waals surface area (Å²) in [4.78, 5) is 25.2. The van der Waals surface area contributed by atoms with Gasteiger partial charge in [-0.15, -0.1) is 11.3 Å². The number of rotatable bonds is 3. The lowest BCUT2D eigenvalue weighted by molar-refractivity contribution is -0.108. The number of hydrogen-bond acceptors (Lipinski definition) is 5. The van der Waals surface area contributed by atoms with E-state index in [1.165, 1.54) is 17.8 Å². The Morgan fingerprint density at radius 3 is 2.73 bits per heavy atom. The maximum atomic E-state index is 10.9. The van der Waals surface area contributed by atoms with Crippen LogP contribution in [0.25, 0.3) is 0 Å².